The fourth-order valence-electron chi connectivity index (χ4n) is 2.00. The first-order valence-corrected chi connectivity index (χ1v) is 7.73. The van der Waals surface area contributed by atoms with Crippen molar-refractivity contribution in [3.8, 4) is 0 Å². The summed E-state index contributed by atoms with van der Waals surface area (Å²) in [6, 6.07) is 3.50. The second kappa shape index (κ2) is 7.39. The van der Waals surface area contributed by atoms with Crippen molar-refractivity contribution < 1.29 is 9.90 Å². The zero-order valence-corrected chi connectivity index (χ0v) is 13.7. The number of anilines is 2. The van der Waals surface area contributed by atoms with Gasteiger partial charge in [0.25, 0.3) is 0 Å². The van der Waals surface area contributed by atoms with Crippen molar-refractivity contribution in [1.29, 1.82) is 0 Å². The molecule has 3 N–H and O–H groups in total. The van der Waals surface area contributed by atoms with Crippen molar-refractivity contribution in [1.82, 2.24) is 14.7 Å². The van der Waals surface area contributed by atoms with E-state index in [9.17, 15) is 9.90 Å². The van der Waals surface area contributed by atoms with E-state index in [1.165, 1.54) is 11.3 Å². The van der Waals surface area contributed by atoms with Gasteiger partial charge in [0.15, 0.2) is 0 Å². The second-order valence-corrected chi connectivity index (χ2v) is 6.64. The Hall–Kier alpha value is -1.90. The van der Waals surface area contributed by atoms with E-state index in [2.05, 4.69) is 15.7 Å². The summed E-state index contributed by atoms with van der Waals surface area (Å²) in [5.41, 5.74) is 0.586. The molecule has 1 unspecified atom stereocenters. The number of aliphatic hydroxyl groups is 1. The number of nitrogens with zero attached hydrogens (tertiary/aromatic N) is 3. The molecule has 2 rings (SSSR count). The fraction of sp³-hybridized carbons (Fsp3) is 0.429. The highest BCUT2D eigenvalue weighted by Crippen LogP contribution is 2.20. The number of rotatable bonds is 6. The average Bonchev–Trinajstić information content (AvgIpc) is 2.98. The van der Waals surface area contributed by atoms with Crippen LogP contribution in [0.5, 0.6) is 0 Å². The number of carbonyl (C=O) groups is 1. The summed E-state index contributed by atoms with van der Waals surface area (Å²) in [5, 5.41) is 20.3. The number of thiophene rings is 1. The molecule has 8 heteroatoms. The van der Waals surface area contributed by atoms with Crippen LogP contribution in [0.1, 0.15) is 4.88 Å². The lowest BCUT2D eigenvalue weighted by atomic mass is 10.3. The van der Waals surface area contributed by atoms with Crippen LogP contribution in [0, 0.1) is 6.92 Å². The molecule has 0 aliphatic carbocycles. The Labute approximate surface area is 133 Å². The summed E-state index contributed by atoms with van der Waals surface area (Å²) < 4.78 is 1.61. The van der Waals surface area contributed by atoms with Gasteiger partial charge in [-0.1, -0.05) is 0 Å². The molecule has 1 atom stereocenters. The zero-order chi connectivity index (χ0) is 16.1. The van der Waals surface area contributed by atoms with Crippen LogP contribution in [0.4, 0.5) is 15.5 Å². The zero-order valence-electron chi connectivity index (χ0n) is 12.9. The highest BCUT2D eigenvalue weighted by molar-refractivity contribution is 7.16. The third-order valence-electron chi connectivity index (χ3n) is 2.84. The van der Waals surface area contributed by atoms with Crippen molar-refractivity contribution >= 4 is 28.1 Å². The van der Waals surface area contributed by atoms with Crippen LogP contribution in [0.2, 0.25) is 0 Å². The van der Waals surface area contributed by atoms with E-state index >= 15 is 0 Å². The minimum atomic E-state index is -0.509. The maximum absolute atomic E-state index is 11.9. The molecule has 0 bridgehead atoms. The third kappa shape index (κ3) is 5.14. The second-order valence-electron chi connectivity index (χ2n) is 5.36. The van der Waals surface area contributed by atoms with Gasteiger partial charge in [-0.25, -0.2) is 4.79 Å². The van der Waals surface area contributed by atoms with E-state index < -0.39 is 6.10 Å². The number of urea groups is 1. The Kier molecular flexibility index (Phi) is 5.53. The van der Waals surface area contributed by atoms with Crippen LogP contribution in [-0.4, -0.2) is 52.6 Å². The lowest BCUT2D eigenvalue weighted by molar-refractivity contribution is 0.116. The number of hydrogen-bond donors (Lipinski definition) is 3. The molecule has 0 saturated heterocycles. The Morgan fingerprint density at radius 2 is 2.23 bits per heavy atom. The summed E-state index contributed by atoms with van der Waals surface area (Å²) in [6.07, 6.45) is 2.74. The van der Waals surface area contributed by atoms with Crippen molar-refractivity contribution in [3.63, 3.8) is 0 Å². The number of likely N-dealkylation sites (N-methyl/N-ethyl adjacent to an activating group) is 1. The van der Waals surface area contributed by atoms with E-state index in [4.69, 9.17) is 0 Å². The molecular weight excluding hydrogens is 302 g/mol. The van der Waals surface area contributed by atoms with Crippen LogP contribution < -0.4 is 10.6 Å². The molecule has 0 radical (unpaired) electrons. The topological polar surface area (TPSA) is 82.4 Å². The number of aromatic nitrogens is 2. The molecule has 0 fully saturated rings. The van der Waals surface area contributed by atoms with Crippen molar-refractivity contribution in [3.05, 3.63) is 29.4 Å². The van der Waals surface area contributed by atoms with Crippen molar-refractivity contribution in [2.24, 2.45) is 0 Å². The molecular formula is C14H21N5O2S. The molecule has 2 amide bonds. The van der Waals surface area contributed by atoms with Crippen LogP contribution in [-0.2, 0) is 6.54 Å². The van der Waals surface area contributed by atoms with Crippen LogP contribution in [0.15, 0.2) is 24.5 Å². The maximum atomic E-state index is 11.9. The Morgan fingerprint density at radius 3 is 2.86 bits per heavy atom. The third-order valence-corrected chi connectivity index (χ3v) is 3.76. The predicted octanol–water partition coefficient (Wildman–Crippen LogP) is 1.82. The number of aliphatic hydroxyl groups excluding tert-OH is 1. The first-order chi connectivity index (χ1) is 10.4. The molecule has 0 saturated carbocycles. The predicted molar refractivity (Wildman–Crippen MR) is 88.5 cm³/mol. The first-order valence-electron chi connectivity index (χ1n) is 6.92. The SMILES string of the molecule is Cc1ccc(NC(=O)Nc2cnn(CC(O)CN(C)C)c2)s1. The van der Waals surface area contributed by atoms with Crippen LogP contribution >= 0.6 is 11.3 Å². The Balaban J connectivity index is 1.84. The lowest BCUT2D eigenvalue weighted by Crippen LogP contribution is -2.29. The quantitative estimate of drug-likeness (QED) is 0.757. The van der Waals surface area contributed by atoms with Gasteiger partial charge in [0.2, 0.25) is 0 Å². The molecule has 0 aromatic carbocycles. The standard InChI is InChI=1S/C14H21N5O2S/c1-10-4-5-13(22-10)17-14(21)16-11-6-15-19(7-11)9-12(20)8-18(2)3/h4-7,12,20H,8-9H2,1-3H3,(H2,16,17,21). The van der Waals surface area contributed by atoms with E-state index in [1.807, 2.05) is 38.1 Å². The number of hydrogen-bond acceptors (Lipinski definition) is 5. The smallest absolute Gasteiger partial charge is 0.324 e. The minimum absolute atomic E-state index is 0.310. The Bertz CT molecular complexity index is 622. The summed E-state index contributed by atoms with van der Waals surface area (Å²) in [7, 11) is 3.80. The molecule has 22 heavy (non-hydrogen) atoms. The number of amides is 2. The summed E-state index contributed by atoms with van der Waals surface area (Å²) >= 11 is 1.52. The van der Waals surface area contributed by atoms with Crippen LogP contribution in [0.25, 0.3) is 0 Å². The first kappa shape index (κ1) is 16.5. The molecule has 2 heterocycles. The van der Waals surface area contributed by atoms with Crippen LogP contribution in [0.3, 0.4) is 0 Å². The number of carbonyl (C=O) groups excluding carboxylic acids is 1. The molecule has 7 nitrogen and oxygen atoms in total. The monoisotopic (exact) mass is 323 g/mol. The molecule has 0 spiro atoms. The van der Waals surface area contributed by atoms with Gasteiger partial charge in [-0.05, 0) is 33.2 Å². The molecule has 2 aromatic heterocycles. The largest absolute Gasteiger partial charge is 0.390 e. The highest BCUT2D eigenvalue weighted by Gasteiger charge is 2.09. The molecule has 2 aromatic rings. The average molecular weight is 323 g/mol. The fourth-order valence-corrected chi connectivity index (χ4v) is 2.76. The van der Waals surface area contributed by atoms with Gasteiger partial charge in [-0.3, -0.25) is 10.00 Å². The molecule has 0 aliphatic heterocycles. The van der Waals surface area contributed by atoms with Gasteiger partial charge in [-0.15, -0.1) is 11.3 Å². The van der Waals surface area contributed by atoms with Gasteiger partial charge in [-0.2, -0.15) is 5.10 Å². The summed E-state index contributed by atoms with van der Waals surface area (Å²) in [4.78, 5) is 14.9. The van der Waals surface area contributed by atoms with Gasteiger partial charge >= 0.3 is 6.03 Å². The van der Waals surface area contributed by atoms with Gasteiger partial charge in [0, 0.05) is 17.6 Å². The van der Waals surface area contributed by atoms with E-state index in [1.54, 1.807) is 17.1 Å². The normalized spacial score (nSPS) is 12.4. The van der Waals surface area contributed by atoms with Gasteiger partial charge in [0.05, 0.1) is 29.5 Å². The molecule has 120 valence electrons. The summed E-state index contributed by atoms with van der Waals surface area (Å²) in [6.45, 7) is 2.92. The molecule has 0 aliphatic rings. The van der Waals surface area contributed by atoms with E-state index in [0.29, 0.717) is 18.8 Å². The minimum Gasteiger partial charge on any atom is -0.390 e. The Morgan fingerprint density at radius 1 is 1.45 bits per heavy atom. The highest BCUT2D eigenvalue weighted by atomic mass is 32.1. The lowest BCUT2D eigenvalue weighted by Gasteiger charge is -2.15. The number of nitrogens with one attached hydrogen (secondary N) is 2. The van der Waals surface area contributed by atoms with Gasteiger partial charge in [0.1, 0.15) is 0 Å². The van der Waals surface area contributed by atoms with Crippen molar-refractivity contribution in [2.45, 2.75) is 19.6 Å². The maximum Gasteiger partial charge on any atom is 0.324 e. The number of aryl methyl sites for hydroxylation is 1. The van der Waals surface area contributed by atoms with E-state index in [-0.39, 0.29) is 6.03 Å². The van der Waals surface area contributed by atoms with Gasteiger partial charge < -0.3 is 15.3 Å². The van der Waals surface area contributed by atoms with E-state index in [0.717, 1.165) is 9.88 Å². The summed E-state index contributed by atoms with van der Waals surface area (Å²) in [5.74, 6) is 0. The van der Waals surface area contributed by atoms with Crippen molar-refractivity contribution in [2.75, 3.05) is 31.3 Å².